The van der Waals surface area contributed by atoms with Crippen LogP contribution in [0, 0.1) is 0 Å². The number of hydrogen-bond acceptors (Lipinski definition) is 5. The first-order chi connectivity index (χ1) is 10.1. The molecular weight excluding hydrogens is 337 g/mol. The molecule has 1 amide bonds. The number of nitrogens with zero attached hydrogens (tertiary/aromatic N) is 4. The molecule has 2 unspecified atom stereocenters. The molecule has 0 radical (unpaired) electrons. The number of carbonyl (C=O) groups is 1. The van der Waals surface area contributed by atoms with Crippen LogP contribution in [-0.4, -0.2) is 53.2 Å². The second-order valence-electron chi connectivity index (χ2n) is 5.67. The number of piperidine rings is 1. The lowest BCUT2D eigenvalue weighted by atomic mass is 10.0. The van der Waals surface area contributed by atoms with E-state index < -0.39 is 0 Å². The number of nitrogens with two attached hydrogens (primary N) is 1. The highest BCUT2D eigenvalue weighted by Gasteiger charge is 2.28. The maximum absolute atomic E-state index is 12.3. The Morgan fingerprint density at radius 3 is 2.87 bits per heavy atom. The molecule has 2 rings (SSSR count). The molecule has 6 nitrogen and oxygen atoms in total. The molecule has 8 heteroatoms. The maximum atomic E-state index is 12.3. The van der Waals surface area contributed by atoms with Crippen molar-refractivity contribution in [1.29, 1.82) is 0 Å². The average molecular weight is 364 g/mol. The predicted molar refractivity (Wildman–Crippen MR) is 97.4 cm³/mol. The summed E-state index contributed by atoms with van der Waals surface area (Å²) in [7, 11) is 1.86. The van der Waals surface area contributed by atoms with Crippen LogP contribution in [0.2, 0.25) is 0 Å². The van der Waals surface area contributed by atoms with E-state index in [1.165, 1.54) is 0 Å². The Kier molecular flexibility index (Phi) is 10.1. The van der Waals surface area contributed by atoms with E-state index in [0.717, 1.165) is 44.6 Å². The van der Waals surface area contributed by atoms with Gasteiger partial charge in [-0.15, -0.1) is 29.9 Å². The van der Waals surface area contributed by atoms with Crippen LogP contribution < -0.4 is 10.6 Å². The van der Waals surface area contributed by atoms with Gasteiger partial charge in [0.2, 0.25) is 5.91 Å². The van der Waals surface area contributed by atoms with Crippen molar-refractivity contribution in [2.45, 2.75) is 44.7 Å². The second-order valence-corrected chi connectivity index (χ2v) is 5.67. The summed E-state index contributed by atoms with van der Waals surface area (Å²) in [5.41, 5.74) is 5.95. The van der Waals surface area contributed by atoms with Gasteiger partial charge in [-0.3, -0.25) is 4.79 Å². The van der Waals surface area contributed by atoms with Crippen molar-refractivity contribution in [1.82, 2.24) is 15.1 Å². The highest BCUT2D eigenvalue weighted by molar-refractivity contribution is 5.85. The van der Waals surface area contributed by atoms with Crippen molar-refractivity contribution in [2.75, 3.05) is 25.0 Å². The molecule has 2 N–H and O–H groups in total. The Hall–Kier alpha value is -1.11. The van der Waals surface area contributed by atoms with Gasteiger partial charge < -0.3 is 15.5 Å². The number of aromatic nitrogens is 2. The van der Waals surface area contributed by atoms with Gasteiger partial charge in [-0.25, -0.2) is 0 Å². The first-order valence-corrected chi connectivity index (χ1v) is 7.68. The average Bonchev–Trinajstić information content (AvgIpc) is 2.54. The van der Waals surface area contributed by atoms with Crippen LogP contribution in [0.15, 0.2) is 18.3 Å². The Labute approximate surface area is 150 Å². The molecule has 2 heterocycles. The van der Waals surface area contributed by atoms with E-state index in [0.29, 0.717) is 0 Å². The summed E-state index contributed by atoms with van der Waals surface area (Å²) in [4.78, 5) is 16.3. The number of rotatable bonds is 5. The van der Waals surface area contributed by atoms with E-state index in [4.69, 9.17) is 5.73 Å². The van der Waals surface area contributed by atoms with E-state index in [9.17, 15) is 4.79 Å². The molecule has 0 bridgehead atoms. The summed E-state index contributed by atoms with van der Waals surface area (Å²) < 4.78 is 0. The fourth-order valence-corrected chi connectivity index (χ4v) is 2.82. The molecule has 23 heavy (non-hydrogen) atoms. The Bertz CT molecular complexity index is 462. The minimum Gasteiger partial charge on any atom is -0.353 e. The fourth-order valence-electron chi connectivity index (χ4n) is 2.82. The molecule has 0 aromatic carbocycles. The van der Waals surface area contributed by atoms with Crippen LogP contribution in [0.4, 0.5) is 5.82 Å². The van der Waals surface area contributed by atoms with Gasteiger partial charge >= 0.3 is 0 Å². The molecule has 132 valence electrons. The van der Waals surface area contributed by atoms with Gasteiger partial charge in [-0.1, -0.05) is 13.3 Å². The van der Waals surface area contributed by atoms with Crippen LogP contribution in [0.25, 0.3) is 0 Å². The fraction of sp³-hybridized carbons (Fsp3) is 0.667. The number of anilines is 1. The lowest BCUT2D eigenvalue weighted by Gasteiger charge is -2.38. The first-order valence-electron chi connectivity index (χ1n) is 7.68. The summed E-state index contributed by atoms with van der Waals surface area (Å²) in [6.07, 6.45) is 5.39. The van der Waals surface area contributed by atoms with Crippen molar-refractivity contribution < 1.29 is 4.79 Å². The lowest BCUT2D eigenvalue weighted by Crippen LogP contribution is -2.52. The predicted octanol–water partition coefficient (Wildman–Crippen LogP) is 1.87. The molecular formula is C15H27Cl2N5O. The largest absolute Gasteiger partial charge is 0.353 e. The minimum atomic E-state index is -0.383. The second kappa shape index (κ2) is 10.6. The van der Waals surface area contributed by atoms with E-state index in [-0.39, 0.29) is 42.8 Å². The zero-order valence-electron chi connectivity index (χ0n) is 13.7. The third-order valence-electron chi connectivity index (χ3n) is 4.09. The summed E-state index contributed by atoms with van der Waals surface area (Å²) in [6.45, 7) is 3.79. The van der Waals surface area contributed by atoms with Crippen molar-refractivity contribution in [3.63, 3.8) is 0 Å². The van der Waals surface area contributed by atoms with E-state index in [1.54, 1.807) is 6.20 Å². The van der Waals surface area contributed by atoms with Crippen LogP contribution in [0.1, 0.15) is 32.6 Å². The molecule has 1 aliphatic heterocycles. The number of carbonyl (C=O) groups excluding carboxylic acids is 1. The SMILES string of the molecule is CCCC(N)C(=O)N(C)C1CCCN(c2cccnn2)C1.Cl.Cl. The van der Waals surface area contributed by atoms with Gasteiger partial charge in [0.25, 0.3) is 0 Å². The molecule has 2 atom stereocenters. The molecule has 1 fully saturated rings. The number of amides is 1. The molecule has 0 aliphatic carbocycles. The zero-order chi connectivity index (χ0) is 15.2. The topological polar surface area (TPSA) is 75.4 Å². The van der Waals surface area contributed by atoms with Crippen molar-refractivity contribution >= 4 is 36.5 Å². The standard InChI is InChI=1S/C15H25N5O.2ClH/c1-3-6-13(16)15(21)19(2)12-7-5-10-20(11-12)14-8-4-9-17-18-14;;/h4,8-9,12-13H,3,5-7,10-11,16H2,1-2H3;2*1H. The van der Waals surface area contributed by atoms with Crippen LogP contribution in [0.5, 0.6) is 0 Å². The van der Waals surface area contributed by atoms with E-state index in [2.05, 4.69) is 15.1 Å². The molecule has 1 aliphatic rings. The van der Waals surface area contributed by atoms with Gasteiger partial charge in [0.1, 0.15) is 0 Å². The third kappa shape index (κ3) is 5.79. The highest BCUT2D eigenvalue weighted by Crippen LogP contribution is 2.20. The van der Waals surface area contributed by atoms with Crippen molar-refractivity contribution in [3.8, 4) is 0 Å². The first kappa shape index (κ1) is 21.9. The van der Waals surface area contributed by atoms with Gasteiger partial charge in [-0.05, 0) is 31.4 Å². The van der Waals surface area contributed by atoms with Gasteiger partial charge in [0.05, 0.1) is 6.04 Å². The molecule has 1 saturated heterocycles. The third-order valence-corrected chi connectivity index (χ3v) is 4.09. The maximum Gasteiger partial charge on any atom is 0.239 e. The molecule has 0 spiro atoms. The van der Waals surface area contributed by atoms with Crippen LogP contribution in [0.3, 0.4) is 0 Å². The summed E-state index contributed by atoms with van der Waals surface area (Å²) in [5, 5.41) is 8.08. The van der Waals surface area contributed by atoms with Gasteiger partial charge in [0, 0.05) is 32.4 Å². The summed E-state index contributed by atoms with van der Waals surface area (Å²) in [5.74, 6) is 0.920. The number of likely N-dealkylation sites (N-methyl/N-ethyl adjacent to an activating group) is 1. The zero-order valence-corrected chi connectivity index (χ0v) is 15.4. The van der Waals surface area contributed by atoms with Gasteiger partial charge in [-0.2, -0.15) is 5.10 Å². The van der Waals surface area contributed by atoms with Crippen LogP contribution >= 0.6 is 24.8 Å². The smallest absolute Gasteiger partial charge is 0.239 e. The Morgan fingerprint density at radius 2 is 2.26 bits per heavy atom. The summed E-state index contributed by atoms with van der Waals surface area (Å²) >= 11 is 0. The van der Waals surface area contributed by atoms with E-state index in [1.807, 2.05) is 31.0 Å². The number of halogens is 2. The summed E-state index contributed by atoms with van der Waals surface area (Å²) in [6, 6.07) is 3.65. The quantitative estimate of drug-likeness (QED) is 0.863. The molecule has 1 aromatic heterocycles. The van der Waals surface area contributed by atoms with Crippen molar-refractivity contribution in [2.24, 2.45) is 5.73 Å². The number of hydrogen-bond donors (Lipinski definition) is 1. The van der Waals surface area contributed by atoms with Crippen molar-refractivity contribution in [3.05, 3.63) is 18.3 Å². The monoisotopic (exact) mass is 363 g/mol. The van der Waals surface area contributed by atoms with Crippen LogP contribution in [-0.2, 0) is 4.79 Å². The van der Waals surface area contributed by atoms with E-state index >= 15 is 0 Å². The lowest BCUT2D eigenvalue weighted by molar-refractivity contribution is -0.133. The highest BCUT2D eigenvalue weighted by atomic mass is 35.5. The molecule has 0 saturated carbocycles. The molecule has 1 aromatic rings. The normalized spacial score (nSPS) is 18.4. The minimum absolute atomic E-state index is 0. The Balaban J connectivity index is 0.00000242. The Morgan fingerprint density at radius 1 is 1.52 bits per heavy atom. The van der Waals surface area contributed by atoms with Gasteiger partial charge in [0.15, 0.2) is 5.82 Å².